The largest absolute Gasteiger partial charge is 0.378 e. The minimum Gasteiger partial charge on any atom is -0.378 e. The summed E-state index contributed by atoms with van der Waals surface area (Å²) in [6.45, 7) is 0. The molecule has 0 saturated carbocycles. The van der Waals surface area contributed by atoms with Gasteiger partial charge in [-0.2, -0.15) is 5.10 Å². The van der Waals surface area contributed by atoms with E-state index in [4.69, 9.17) is 5.10 Å². The number of allylic oxidation sites excluding steroid dienone is 1. The van der Waals surface area contributed by atoms with Gasteiger partial charge in [0.1, 0.15) is 0 Å². The zero-order chi connectivity index (χ0) is 21.8. The quantitative estimate of drug-likeness (QED) is 0.510. The molecule has 0 spiro atoms. The molecule has 0 N–H and O–H groups in total. The van der Waals surface area contributed by atoms with Crippen molar-refractivity contribution in [2.24, 2.45) is 5.10 Å². The number of nitrogens with zero attached hydrogens (tertiary/aromatic N) is 4. The molecule has 1 aliphatic heterocycles. The van der Waals surface area contributed by atoms with Gasteiger partial charge in [-0.15, -0.1) is 0 Å². The zero-order valence-electron chi connectivity index (χ0n) is 18.7. The highest BCUT2D eigenvalue weighted by Gasteiger charge is 2.28. The van der Waals surface area contributed by atoms with Crippen molar-refractivity contribution in [1.82, 2.24) is 0 Å². The van der Waals surface area contributed by atoms with E-state index >= 15 is 0 Å². The lowest BCUT2D eigenvalue weighted by molar-refractivity contribution is 0.709. The van der Waals surface area contributed by atoms with Gasteiger partial charge in [0.05, 0.1) is 17.4 Å². The van der Waals surface area contributed by atoms with Gasteiger partial charge in [0.25, 0.3) is 0 Å². The van der Waals surface area contributed by atoms with Crippen LogP contribution in [0.15, 0.2) is 90.0 Å². The van der Waals surface area contributed by atoms with Gasteiger partial charge in [-0.3, -0.25) is 5.01 Å². The Morgan fingerprint density at radius 3 is 1.90 bits per heavy atom. The maximum absolute atomic E-state index is 4.98. The molecule has 0 fully saturated rings. The summed E-state index contributed by atoms with van der Waals surface area (Å²) in [6, 6.07) is 28.0. The van der Waals surface area contributed by atoms with Gasteiger partial charge < -0.3 is 9.80 Å². The molecule has 158 valence electrons. The molecular weight excluding hydrogens is 380 g/mol. The molecule has 1 atom stereocenters. The Bertz CT molecular complexity index is 1050. The molecule has 0 unspecified atom stereocenters. The maximum atomic E-state index is 4.98. The van der Waals surface area contributed by atoms with Crippen molar-refractivity contribution in [3.8, 4) is 0 Å². The number of hydrogen-bond donors (Lipinski definition) is 0. The van der Waals surface area contributed by atoms with Gasteiger partial charge in [-0.25, -0.2) is 0 Å². The Balaban J connectivity index is 1.59. The minimum atomic E-state index is 0.189. The normalized spacial score (nSPS) is 15.9. The molecule has 0 aromatic heterocycles. The molecule has 31 heavy (non-hydrogen) atoms. The molecule has 4 nitrogen and oxygen atoms in total. The predicted octanol–water partition coefficient (Wildman–Crippen LogP) is 5.84. The molecule has 0 saturated heterocycles. The van der Waals surface area contributed by atoms with Gasteiger partial charge in [0.15, 0.2) is 0 Å². The topological polar surface area (TPSA) is 22.1 Å². The monoisotopic (exact) mass is 410 g/mol. The molecule has 0 aliphatic carbocycles. The summed E-state index contributed by atoms with van der Waals surface area (Å²) in [4.78, 5) is 4.23. The average molecular weight is 411 g/mol. The van der Waals surface area contributed by atoms with Gasteiger partial charge in [0, 0.05) is 46.0 Å². The van der Waals surface area contributed by atoms with Crippen LogP contribution in [0.1, 0.15) is 23.6 Å². The van der Waals surface area contributed by atoms with Crippen LogP contribution in [0.2, 0.25) is 0 Å². The summed E-state index contributed by atoms with van der Waals surface area (Å²) in [5.74, 6) is 0. The summed E-state index contributed by atoms with van der Waals surface area (Å²) >= 11 is 0. The van der Waals surface area contributed by atoms with Gasteiger partial charge in [0.2, 0.25) is 0 Å². The SMILES string of the molecule is CN(C)c1ccc(/C=C/C2=NN(c3ccccc3)[C@H](c3ccc(N(C)C)cc3)C2)cc1. The van der Waals surface area contributed by atoms with Crippen molar-refractivity contribution in [3.05, 3.63) is 96.1 Å². The second-order valence-corrected chi connectivity index (χ2v) is 8.30. The predicted molar refractivity (Wildman–Crippen MR) is 134 cm³/mol. The molecule has 0 bridgehead atoms. The van der Waals surface area contributed by atoms with Gasteiger partial charge >= 0.3 is 0 Å². The summed E-state index contributed by atoms with van der Waals surface area (Å²) in [6.07, 6.45) is 5.18. The first-order chi connectivity index (χ1) is 15.0. The fraction of sp³-hybridized carbons (Fsp3) is 0.222. The van der Waals surface area contributed by atoms with Crippen LogP contribution in [-0.4, -0.2) is 33.9 Å². The first-order valence-corrected chi connectivity index (χ1v) is 10.7. The van der Waals surface area contributed by atoms with Crippen LogP contribution in [0.25, 0.3) is 6.08 Å². The van der Waals surface area contributed by atoms with E-state index < -0.39 is 0 Å². The van der Waals surface area contributed by atoms with Crippen LogP contribution in [0.5, 0.6) is 0 Å². The number of benzene rings is 3. The fourth-order valence-corrected chi connectivity index (χ4v) is 3.78. The van der Waals surface area contributed by atoms with E-state index in [1.165, 1.54) is 22.5 Å². The first-order valence-electron chi connectivity index (χ1n) is 10.7. The molecule has 1 aliphatic rings. The molecule has 4 rings (SSSR count). The Hall–Kier alpha value is -3.53. The van der Waals surface area contributed by atoms with Gasteiger partial charge in [-0.1, -0.05) is 48.5 Å². The van der Waals surface area contributed by atoms with Crippen LogP contribution in [0, 0.1) is 0 Å². The highest BCUT2D eigenvalue weighted by atomic mass is 15.5. The zero-order valence-corrected chi connectivity index (χ0v) is 18.7. The lowest BCUT2D eigenvalue weighted by Crippen LogP contribution is -2.18. The fourth-order valence-electron chi connectivity index (χ4n) is 3.78. The third-order valence-electron chi connectivity index (χ3n) is 5.63. The second kappa shape index (κ2) is 9.09. The summed E-state index contributed by atoms with van der Waals surface area (Å²) in [5, 5.41) is 7.13. The smallest absolute Gasteiger partial charge is 0.0831 e. The van der Waals surface area contributed by atoms with E-state index in [0.717, 1.165) is 17.8 Å². The molecule has 1 heterocycles. The molecular formula is C27H30N4. The maximum Gasteiger partial charge on any atom is 0.0831 e. The van der Waals surface area contributed by atoms with Crippen molar-refractivity contribution in [1.29, 1.82) is 0 Å². The molecule has 0 radical (unpaired) electrons. The van der Waals surface area contributed by atoms with Crippen LogP contribution in [-0.2, 0) is 0 Å². The van der Waals surface area contributed by atoms with Crippen molar-refractivity contribution in [2.45, 2.75) is 12.5 Å². The van der Waals surface area contributed by atoms with Crippen molar-refractivity contribution < 1.29 is 0 Å². The van der Waals surface area contributed by atoms with Gasteiger partial charge in [-0.05, 0) is 53.6 Å². The second-order valence-electron chi connectivity index (χ2n) is 8.30. The van der Waals surface area contributed by atoms with E-state index in [1.807, 2.05) is 6.07 Å². The Labute approximate surface area is 185 Å². The number of anilines is 3. The number of hydrazone groups is 1. The van der Waals surface area contributed by atoms with Crippen LogP contribution in [0.3, 0.4) is 0 Å². The average Bonchev–Trinajstić information content (AvgIpc) is 3.23. The van der Waals surface area contributed by atoms with Crippen LogP contribution in [0.4, 0.5) is 17.1 Å². The van der Waals surface area contributed by atoms with Crippen molar-refractivity contribution >= 4 is 28.8 Å². The Kier molecular flexibility index (Phi) is 6.08. The number of hydrogen-bond acceptors (Lipinski definition) is 4. The van der Waals surface area contributed by atoms with Crippen molar-refractivity contribution in [2.75, 3.05) is 43.0 Å². The number of para-hydroxylation sites is 1. The first kappa shape index (κ1) is 20.7. The van der Waals surface area contributed by atoms with E-state index in [9.17, 15) is 0 Å². The minimum absolute atomic E-state index is 0.189. The van der Waals surface area contributed by atoms with E-state index in [1.54, 1.807) is 0 Å². The van der Waals surface area contributed by atoms with E-state index in [2.05, 4.69) is 128 Å². The molecule has 3 aromatic rings. The molecule has 0 amide bonds. The summed E-state index contributed by atoms with van der Waals surface area (Å²) in [5.41, 5.74) is 7.06. The third-order valence-corrected chi connectivity index (χ3v) is 5.63. The highest BCUT2D eigenvalue weighted by molar-refractivity contribution is 6.01. The lowest BCUT2D eigenvalue weighted by atomic mass is 10.0. The highest BCUT2D eigenvalue weighted by Crippen LogP contribution is 2.36. The van der Waals surface area contributed by atoms with Crippen molar-refractivity contribution in [3.63, 3.8) is 0 Å². The van der Waals surface area contributed by atoms with E-state index in [-0.39, 0.29) is 6.04 Å². The third kappa shape index (κ3) is 4.80. The lowest BCUT2D eigenvalue weighted by Gasteiger charge is -2.24. The van der Waals surface area contributed by atoms with Crippen LogP contribution < -0.4 is 14.8 Å². The Morgan fingerprint density at radius 1 is 0.742 bits per heavy atom. The standard InChI is InChI=1S/C27H30N4/c1-29(2)24-16-11-21(12-17-24)10-15-23-20-27(22-13-18-25(19-14-22)30(3)4)31(28-23)26-8-6-5-7-9-26/h5-19,27H,20H2,1-4H3/b15-10+/t27-/m0/s1. The summed E-state index contributed by atoms with van der Waals surface area (Å²) in [7, 11) is 8.25. The number of rotatable bonds is 6. The molecule has 3 aromatic carbocycles. The summed E-state index contributed by atoms with van der Waals surface area (Å²) < 4.78 is 0. The molecule has 4 heteroatoms. The van der Waals surface area contributed by atoms with Crippen LogP contribution >= 0.6 is 0 Å². The van der Waals surface area contributed by atoms with E-state index in [0.29, 0.717) is 0 Å². The Morgan fingerprint density at radius 2 is 1.32 bits per heavy atom.